The Labute approximate surface area is 231 Å². The first-order valence-electron chi connectivity index (χ1n) is 13.1. The summed E-state index contributed by atoms with van der Waals surface area (Å²) in [5.74, 6) is -0.511. The van der Waals surface area contributed by atoms with E-state index in [1.54, 1.807) is 18.2 Å². The predicted octanol–water partition coefficient (Wildman–Crippen LogP) is 4.18. The van der Waals surface area contributed by atoms with Crippen LogP contribution in [0, 0.1) is 5.82 Å². The number of nitrogens with zero attached hydrogens (tertiary/aromatic N) is 6. The van der Waals surface area contributed by atoms with Gasteiger partial charge in [0.15, 0.2) is 5.82 Å². The summed E-state index contributed by atoms with van der Waals surface area (Å²) in [6.07, 6.45) is 0.666. The maximum Gasteiger partial charge on any atom is 0.408 e. The van der Waals surface area contributed by atoms with Crippen LogP contribution in [-0.4, -0.2) is 48.5 Å². The first-order valence-corrected chi connectivity index (χ1v) is 13.1. The fraction of sp³-hybridized carbons (Fsp3) is 0.321. The number of nitrogens with two attached hydrogens (primary N) is 1. The van der Waals surface area contributed by atoms with E-state index in [1.165, 1.54) is 23.4 Å². The molecule has 2 aromatic carbocycles. The largest absolute Gasteiger partial charge is 0.408 e. The van der Waals surface area contributed by atoms with E-state index < -0.39 is 31.1 Å². The van der Waals surface area contributed by atoms with Gasteiger partial charge in [-0.1, -0.05) is 18.2 Å². The van der Waals surface area contributed by atoms with Gasteiger partial charge in [-0.3, -0.25) is 9.48 Å². The molecule has 41 heavy (non-hydrogen) atoms. The zero-order chi connectivity index (χ0) is 28.9. The van der Waals surface area contributed by atoms with Crippen molar-refractivity contribution < 1.29 is 27.5 Å². The Kier molecular flexibility index (Phi) is 6.68. The lowest BCUT2D eigenvalue weighted by Crippen LogP contribution is -2.39. The molecule has 0 atom stereocenters. The van der Waals surface area contributed by atoms with Crippen molar-refractivity contribution in [3.05, 3.63) is 82.2 Å². The van der Waals surface area contributed by atoms with Crippen molar-refractivity contribution in [3.8, 4) is 11.4 Å². The number of nitrogen functional groups attached to an aromatic ring is 1. The molecule has 6 rings (SSSR count). The van der Waals surface area contributed by atoms with Gasteiger partial charge in [-0.2, -0.15) is 28.2 Å². The van der Waals surface area contributed by atoms with Gasteiger partial charge < -0.3 is 15.7 Å². The number of benzene rings is 2. The van der Waals surface area contributed by atoms with Crippen molar-refractivity contribution in [2.75, 3.05) is 17.2 Å². The molecule has 1 amide bonds. The number of halogens is 4. The minimum atomic E-state index is -4.41. The van der Waals surface area contributed by atoms with Crippen molar-refractivity contribution in [1.82, 2.24) is 24.7 Å². The molecule has 2 aliphatic rings. The smallest absolute Gasteiger partial charge is 0.392 e. The Bertz CT molecular complexity index is 1650. The van der Waals surface area contributed by atoms with Crippen LogP contribution in [0.5, 0.6) is 0 Å². The van der Waals surface area contributed by atoms with Gasteiger partial charge in [-0.15, -0.1) is 0 Å². The Morgan fingerprint density at radius 3 is 2.66 bits per heavy atom. The standard InChI is InChI=1S/C28H25F4N7O2/c29-21-10-18(16-4-5-16)9-17-6-7-39(26(41)24(17)21)22-3-1-2-19(20(22)13-40)25-35-23(36-27(33)37-25)8-15-11-34-38(12-15)14-28(30,31)32/h1-3,9-12,16,40H,4-8,13-14H2,(H2,33,35,36,37). The molecule has 0 unspecified atom stereocenters. The van der Waals surface area contributed by atoms with Crippen molar-refractivity contribution in [2.24, 2.45) is 0 Å². The van der Waals surface area contributed by atoms with Gasteiger partial charge in [0, 0.05) is 30.3 Å². The highest BCUT2D eigenvalue weighted by Gasteiger charge is 2.33. The van der Waals surface area contributed by atoms with Crippen LogP contribution in [0.1, 0.15) is 57.2 Å². The molecule has 0 spiro atoms. The van der Waals surface area contributed by atoms with Crippen LogP contribution >= 0.6 is 0 Å². The minimum absolute atomic E-state index is 0.0349. The number of aliphatic hydroxyl groups excluding tert-OH is 1. The lowest BCUT2D eigenvalue weighted by Gasteiger charge is -2.31. The molecule has 9 nitrogen and oxygen atoms in total. The number of hydrogen-bond donors (Lipinski definition) is 2. The van der Waals surface area contributed by atoms with E-state index in [-0.39, 0.29) is 29.6 Å². The molecule has 0 radical (unpaired) electrons. The number of anilines is 2. The lowest BCUT2D eigenvalue weighted by atomic mass is 9.93. The monoisotopic (exact) mass is 567 g/mol. The minimum Gasteiger partial charge on any atom is -0.392 e. The van der Waals surface area contributed by atoms with Crippen LogP contribution < -0.4 is 10.6 Å². The Morgan fingerprint density at radius 1 is 1.12 bits per heavy atom. The van der Waals surface area contributed by atoms with E-state index in [4.69, 9.17) is 5.73 Å². The summed E-state index contributed by atoms with van der Waals surface area (Å²) >= 11 is 0. The van der Waals surface area contributed by atoms with Crippen LogP contribution in [0.25, 0.3) is 11.4 Å². The number of rotatable bonds is 7. The van der Waals surface area contributed by atoms with Crippen LogP contribution in [0.2, 0.25) is 0 Å². The summed E-state index contributed by atoms with van der Waals surface area (Å²) in [6, 6.07) is 8.36. The maximum absolute atomic E-state index is 15.1. The molecular formula is C28H25F4N7O2. The first kappa shape index (κ1) is 26.8. The van der Waals surface area contributed by atoms with Gasteiger partial charge in [0.2, 0.25) is 5.95 Å². The third kappa shape index (κ3) is 5.49. The van der Waals surface area contributed by atoms with Gasteiger partial charge >= 0.3 is 6.18 Å². The quantitative estimate of drug-likeness (QED) is 0.321. The Balaban J connectivity index is 1.31. The summed E-state index contributed by atoms with van der Waals surface area (Å²) in [6.45, 7) is -1.41. The van der Waals surface area contributed by atoms with Crippen molar-refractivity contribution in [1.29, 1.82) is 0 Å². The zero-order valence-electron chi connectivity index (χ0n) is 21.7. The van der Waals surface area contributed by atoms with E-state index in [9.17, 15) is 23.1 Å². The Morgan fingerprint density at radius 2 is 1.93 bits per heavy atom. The molecule has 0 bridgehead atoms. The fourth-order valence-corrected chi connectivity index (χ4v) is 5.27. The molecule has 1 saturated carbocycles. The van der Waals surface area contributed by atoms with Crippen LogP contribution in [0.3, 0.4) is 0 Å². The first-order chi connectivity index (χ1) is 19.6. The molecule has 13 heteroatoms. The predicted molar refractivity (Wildman–Crippen MR) is 140 cm³/mol. The van der Waals surface area contributed by atoms with Gasteiger partial charge in [0.25, 0.3) is 5.91 Å². The second-order valence-electron chi connectivity index (χ2n) is 10.3. The van der Waals surface area contributed by atoms with Crippen LogP contribution in [0.15, 0.2) is 42.7 Å². The molecule has 1 aliphatic heterocycles. The molecule has 2 aromatic heterocycles. The number of alkyl halides is 3. The number of amides is 1. The van der Waals surface area contributed by atoms with Crippen molar-refractivity contribution in [2.45, 2.75) is 50.9 Å². The average Bonchev–Trinajstić information content (AvgIpc) is 3.68. The SMILES string of the molecule is Nc1nc(Cc2cnn(CC(F)(F)F)c2)nc(-c2cccc(N3CCc4cc(C5CC5)cc(F)c4C3=O)c2CO)n1. The van der Waals surface area contributed by atoms with Gasteiger partial charge in [0.05, 0.1) is 24.1 Å². The summed E-state index contributed by atoms with van der Waals surface area (Å²) in [4.78, 5) is 27.7. The van der Waals surface area contributed by atoms with E-state index in [1.807, 2.05) is 6.07 Å². The molecule has 1 fully saturated rings. The zero-order valence-corrected chi connectivity index (χ0v) is 21.7. The highest BCUT2D eigenvalue weighted by Crippen LogP contribution is 2.42. The van der Waals surface area contributed by atoms with E-state index >= 15 is 4.39 Å². The van der Waals surface area contributed by atoms with E-state index in [2.05, 4.69) is 20.1 Å². The molecule has 3 N–H and O–H groups in total. The average molecular weight is 568 g/mol. The summed E-state index contributed by atoms with van der Waals surface area (Å²) in [7, 11) is 0. The van der Waals surface area contributed by atoms with Gasteiger partial charge in [-0.05, 0) is 54.0 Å². The highest BCUT2D eigenvalue weighted by atomic mass is 19.4. The van der Waals surface area contributed by atoms with Crippen LogP contribution in [0.4, 0.5) is 29.2 Å². The molecule has 0 saturated heterocycles. The summed E-state index contributed by atoms with van der Waals surface area (Å²) in [5.41, 5.74) is 9.14. The second kappa shape index (κ2) is 10.2. The molecular weight excluding hydrogens is 542 g/mol. The highest BCUT2D eigenvalue weighted by molar-refractivity contribution is 6.09. The normalized spacial score (nSPS) is 15.3. The molecule has 1 aliphatic carbocycles. The topological polar surface area (TPSA) is 123 Å². The maximum atomic E-state index is 15.1. The fourth-order valence-electron chi connectivity index (χ4n) is 5.27. The third-order valence-electron chi connectivity index (χ3n) is 7.24. The van der Waals surface area contributed by atoms with E-state index in [0.717, 1.165) is 23.1 Å². The number of aromatic nitrogens is 5. The second-order valence-corrected chi connectivity index (χ2v) is 10.3. The van der Waals surface area contributed by atoms with Gasteiger partial charge in [-0.25, -0.2) is 9.37 Å². The van der Waals surface area contributed by atoms with E-state index in [0.29, 0.717) is 46.8 Å². The van der Waals surface area contributed by atoms with Crippen LogP contribution in [-0.2, 0) is 26.0 Å². The summed E-state index contributed by atoms with van der Waals surface area (Å²) < 4.78 is 54.0. The molecule has 4 aromatic rings. The molecule has 3 heterocycles. The number of fused-ring (bicyclic) bond motifs is 1. The number of hydrogen-bond acceptors (Lipinski definition) is 7. The van der Waals surface area contributed by atoms with Gasteiger partial charge in [0.1, 0.15) is 18.2 Å². The van der Waals surface area contributed by atoms with Crippen molar-refractivity contribution >= 4 is 17.5 Å². The number of aliphatic hydroxyl groups is 1. The number of carbonyl (C=O) groups is 1. The Hall–Kier alpha value is -4.39. The number of carbonyl (C=O) groups excluding carboxylic acids is 1. The van der Waals surface area contributed by atoms with Crippen molar-refractivity contribution in [3.63, 3.8) is 0 Å². The lowest BCUT2D eigenvalue weighted by molar-refractivity contribution is -0.142. The third-order valence-corrected chi connectivity index (χ3v) is 7.24. The summed E-state index contributed by atoms with van der Waals surface area (Å²) in [5, 5.41) is 14.1. The molecule has 212 valence electrons.